The molecule has 0 spiro atoms. The molecule has 0 aliphatic carbocycles. The average molecular weight is 354 g/mol. The number of aromatic nitrogens is 2. The number of nitrogens with one attached hydrogen (secondary N) is 1. The fraction of sp³-hybridized carbons (Fsp3) is 0.500. The van der Waals surface area contributed by atoms with E-state index in [9.17, 15) is 4.79 Å². The molecule has 0 saturated carbocycles. The fourth-order valence-corrected chi connectivity index (χ4v) is 3.73. The van der Waals surface area contributed by atoms with Crippen LogP contribution < -0.4 is 5.32 Å². The zero-order valence-corrected chi connectivity index (χ0v) is 14.6. The molecule has 4 heterocycles. The SMILES string of the molecule is N#Cc1cc2n(n1)CCN(C(=O)NC[C@H](c1ccco1)N1CCCC1)C2. The lowest BCUT2D eigenvalue weighted by Crippen LogP contribution is -2.46. The molecule has 1 fully saturated rings. The van der Waals surface area contributed by atoms with E-state index in [1.54, 1.807) is 21.9 Å². The molecule has 4 rings (SSSR count). The van der Waals surface area contributed by atoms with E-state index in [-0.39, 0.29) is 12.1 Å². The number of hydrogen-bond acceptors (Lipinski definition) is 5. The molecule has 1 saturated heterocycles. The Balaban J connectivity index is 1.39. The molecule has 2 aliphatic heterocycles. The molecule has 2 aromatic rings. The van der Waals surface area contributed by atoms with Crippen molar-refractivity contribution in [2.75, 3.05) is 26.2 Å². The summed E-state index contributed by atoms with van der Waals surface area (Å²) in [5, 5.41) is 16.2. The minimum Gasteiger partial charge on any atom is -0.468 e. The highest BCUT2D eigenvalue weighted by Crippen LogP contribution is 2.25. The normalized spacial score (nSPS) is 18.3. The molecule has 0 radical (unpaired) electrons. The summed E-state index contributed by atoms with van der Waals surface area (Å²) in [5.74, 6) is 0.891. The predicted octanol–water partition coefficient (Wildman–Crippen LogP) is 1.71. The number of amides is 2. The smallest absolute Gasteiger partial charge is 0.317 e. The third-order valence-corrected chi connectivity index (χ3v) is 5.10. The van der Waals surface area contributed by atoms with Gasteiger partial charge in [0.15, 0.2) is 5.69 Å². The molecule has 8 nitrogen and oxygen atoms in total. The molecular formula is C18H22N6O2. The predicted molar refractivity (Wildman–Crippen MR) is 93.0 cm³/mol. The number of nitrogens with zero attached hydrogens (tertiary/aromatic N) is 5. The molecule has 8 heteroatoms. The van der Waals surface area contributed by atoms with Crippen LogP contribution in [0.2, 0.25) is 0 Å². The Morgan fingerprint density at radius 2 is 2.19 bits per heavy atom. The lowest BCUT2D eigenvalue weighted by molar-refractivity contribution is 0.169. The highest BCUT2D eigenvalue weighted by atomic mass is 16.3. The van der Waals surface area contributed by atoms with Crippen LogP contribution in [0.15, 0.2) is 28.9 Å². The van der Waals surface area contributed by atoms with E-state index in [2.05, 4.69) is 15.3 Å². The van der Waals surface area contributed by atoms with Crippen LogP contribution in [0.1, 0.15) is 36.0 Å². The van der Waals surface area contributed by atoms with Gasteiger partial charge in [-0.05, 0) is 44.1 Å². The van der Waals surface area contributed by atoms with Gasteiger partial charge in [-0.15, -0.1) is 0 Å². The Morgan fingerprint density at radius 1 is 1.35 bits per heavy atom. The van der Waals surface area contributed by atoms with E-state index in [1.165, 1.54) is 12.8 Å². The van der Waals surface area contributed by atoms with Crippen molar-refractivity contribution in [3.05, 3.63) is 41.6 Å². The van der Waals surface area contributed by atoms with E-state index >= 15 is 0 Å². The first kappa shape index (κ1) is 16.7. The van der Waals surface area contributed by atoms with Crippen LogP contribution in [-0.2, 0) is 13.1 Å². The number of urea groups is 1. The highest BCUT2D eigenvalue weighted by Gasteiger charge is 2.28. The van der Waals surface area contributed by atoms with Gasteiger partial charge in [0.1, 0.15) is 11.8 Å². The van der Waals surface area contributed by atoms with Gasteiger partial charge in [-0.1, -0.05) is 0 Å². The third kappa shape index (κ3) is 3.30. The number of hydrogen-bond donors (Lipinski definition) is 1. The second-order valence-electron chi connectivity index (χ2n) is 6.74. The zero-order chi connectivity index (χ0) is 17.9. The molecular weight excluding hydrogens is 332 g/mol. The van der Waals surface area contributed by atoms with Crippen LogP contribution in [-0.4, -0.2) is 51.8 Å². The number of likely N-dealkylation sites (tertiary alicyclic amines) is 1. The minimum atomic E-state index is -0.0910. The number of fused-ring (bicyclic) bond motifs is 1. The summed E-state index contributed by atoms with van der Waals surface area (Å²) in [6.45, 7) is 4.24. The summed E-state index contributed by atoms with van der Waals surface area (Å²) in [4.78, 5) is 16.8. The van der Waals surface area contributed by atoms with Gasteiger partial charge in [0, 0.05) is 13.1 Å². The van der Waals surface area contributed by atoms with E-state index in [1.807, 2.05) is 18.2 Å². The van der Waals surface area contributed by atoms with Crippen molar-refractivity contribution in [3.63, 3.8) is 0 Å². The Morgan fingerprint density at radius 3 is 2.92 bits per heavy atom. The van der Waals surface area contributed by atoms with Gasteiger partial charge in [-0.2, -0.15) is 10.4 Å². The van der Waals surface area contributed by atoms with Gasteiger partial charge >= 0.3 is 6.03 Å². The van der Waals surface area contributed by atoms with Crippen molar-refractivity contribution < 1.29 is 9.21 Å². The second-order valence-corrected chi connectivity index (χ2v) is 6.74. The van der Waals surface area contributed by atoms with Crippen molar-refractivity contribution in [3.8, 4) is 6.07 Å². The molecule has 1 N–H and O–H groups in total. The standard InChI is InChI=1S/C18H22N6O2/c19-11-14-10-15-13-23(7-8-24(15)21-14)18(25)20-12-16(17-4-3-9-26-17)22-5-1-2-6-22/h3-4,9-10,16H,1-2,5-8,12-13H2,(H,20,25)/t16-/m1/s1. The fourth-order valence-electron chi connectivity index (χ4n) is 3.73. The van der Waals surface area contributed by atoms with Gasteiger partial charge in [0.05, 0.1) is 31.1 Å². The second kappa shape index (κ2) is 7.22. The summed E-state index contributed by atoms with van der Waals surface area (Å²) in [6, 6.07) is 7.63. The monoisotopic (exact) mass is 354 g/mol. The van der Waals surface area contributed by atoms with Crippen molar-refractivity contribution in [2.24, 2.45) is 0 Å². The maximum atomic E-state index is 12.6. The summed E-state index contributed by atoms with van der Waals surface area (Å²) in [5.41, 5.74) is 1.29. The maximum Gasteiger partial charge on any atom is 0.317 e. The van der Waals surface area contributed by atoms with Gasteiger partial charge < -0.3 is 14.6 Å². The van der Waals surface area contributed by atoms with Crippen LogP contribution in [0.5, 0.6) is 0 Å². The molecule has 26 heavy (non-hydrogen) atoms. The van der Waals surface area contributed by atoms with Crippen LogP contribution in [0.3, 0.4) is 0 Å². The number of nitriles is 1. The van der Waals surface area contributed by atoms with Gasteiger partial charge in [0.25, 0.3) is 0 Å². The Labute approximate surface area is 152 Å². The molecule has 0 unspecified atom stereocenters. The molecule has 1 atom stereocenters. The van der Waals surface area contributed by atoms with Crippen molar-refractivity contribution in [1.82, 2.24) is 24.9 Å². The molecule has 0 aromatic carbocycles. The van der Waals surface area contributed by atoms with Crippen molar-refractivity contribution >= 4 is 6.03 Å². The molecule has 0 bridgehead atoms. The van der Waals surface area contributed by atoms with E-state index in [4.69, 9.17) is 9.68 Å². The Kier molecular flexibility index (Phi) is 4.63. The third-order valence-electron chi connectivity index (χ3n) is 5.10. The number of carbonyl (C=O) groups is 1. The topological polar surface area (TPSA) is 90.3 Å². The first-order valence-electron chi connectivity index (χ1n) is 9.01. The maximum absolute atomic E-state index is 12.6. The Hall–Kier alpha value is -2.79. The zero-order valence-electron chi connectivity index (χ0n) is 14.6. The lowest BCUT2D eigenvalue weighted by atomic mass is 10.2. The quantitative estimate of drug-likeness (QED) is 0.903. The number of carbonyl (C=O) groups excluding carboxylic acids is 1. The summed E-state index contributed by atoms with van der Waals surface area (Å²) in [6.07, 6.45) is 4.05. The van der Waals surface area contributed by atoms with E-state index < -0.39 is 0 Å². The molecule has 2 amide bonds. The molecule has 2 aromatic heterocycles. The van der Waals surface area contributed by atoms with Gasteiger partial charge in [-0.3, -0.25) is 9.58 Å². The lowest BCUT2D eigenvalue weighted by Gasteiger charge is -2.30. The minimum absolute atomic E-state index is 0.0666. The van der Waals surface area contributed by atoms with Crippen molar-refractivity contribution in [1.29, 1.82) is 5.26 Å². The van der Waals surface area contributed by atoms with Crippen LogP contribution >= 0.6 is 0 Å². The number of rotatable bonds is 4. The van der Waals surface area contributed by atoms with Gasteiger partial charge in [-0.25, -0.2) is 4.79 Å². The largest absolute Gasteiger partial charge is 0.468 e. The molecule has 2 aliphatic rings. The van der Waals surface area contributed by atoms with E-state index in [0.717, 1.165) is 24.5 Å². The van der Waals surface area contributed by atoms with E-state index in [0.29, 0.717) is 31.9 Å². The van der Waals surface area contributed by atoms with Crippen LogP contribution in [0.4, 0.5) is 4.79 Å². The van der Waals surface area contributed by atoms with Crippen LogP contribution in [0.25, 0.3) is 0 Å². The van der Waals surface area contributed by atoms with Gasteiger partial charge in [0.2, 0.25) is 0 Å². The van der Waals surface area contributed by atoms with Crippen molar-refractivity contribution in [2.45, 2.75) is 32.0 Å². The van der Waals surface area contributed by atoms with Crippen LogP contribution in [0, 0.1) is 11.3 Å². The average Bonchev–Trinajstić information content (AvgIpc) is 3.41. The highest BCUT2D eigenvalue weighted by molar-refractivity contribution is 5.74. The summed E-state index contributed by atoms with van der Waals surface area (Å²) < 4.78 is 7.40. The first-order valence-corrected chi connectivity index (χ1v) is 9.01. The number of furan rings is 1. The summed E-state index contributed by atoms with van der Waals surface area (Å²) in [7, 11) is 0. The first-order chi connectivity index (χ1) is 12.7. The molecule has 136 valence electrons. The summed E-state index contributed by atoms with van der Waals surface area (Å²) >= 11 is 0. The Bertz CT molecular complexity index is 800.